The monoisotopic (exact) mass is 442 g/mol. The minimum absolute atomic E-state index is 0.165. The molecule has 2 aromatic rings. The topological polar surface area (TPSA) is 26.3 Å². The third-order valence-corrected chi connectivity index (χ3v) is 5.28. The molecule has 0 spiro atoms. The fourth-order valence-corrected chi connectivity index (χ4v) is 3.57. The number of benzene rings is 2. The number of halogens is 6. The molecule has 0 saturated heterocycles. The molecule has 0 N–H and O–H groups in total. The molecule has 31 heavy (non-hydrogen) atoms. The molecular weight excluding hydrogens is 422 g/mol. The fourth-order valence-electron chi connectivity index (χ4n) is 3.57. The molecule has 8 heteroatoms. The molecule has 1 saturated carbocycles. The molecule has 0 amide bonds. The van der Waals surface area contributed by atoms with E-state index < -0.39 is 47.2 Å². The van der Waals surface area contributed by atoms with Gasteiger partial charge in [0.1, 0.15) is 23.3 Å². The highest BCUT2D eigenvalue weighted by atomic mass is 19.4. The fraction of sp³-hybridized carbons (Fsp3) is 0.348. The van der Waals surface area contributed by atoms with Crippen LogP contribution in [0.2, 0.25) is 0 Å². The largest absolute Gasteiger partial charge is 0.459 e. The molecule has 0 aliphatic heterocycles. The van der Waals surface area contributed by atoms with Crippen molar-refractivity contribution < 1.29 is 35.9 Å². The van der Waals surface area contributed by atoms with E-state index in [-0.39, 0.29) is 31.2 Å². The molecule has 1 aliphatic rings. The van der Waals surface area contributed by atoms with E-state index in [0.29, 0.717) is 11.6 Å². The Kier molecular flexibility index (Phi) is 6.77. The Bertz CT molecular complexity index is 948. The Balaban J connectivity index is 1.66. The molecular formula is C23H20F6O2. The Labute approximate surface area is 175 Å². The number of rotatable bonds is 4. The van der Waals surface area contributed by atoms with Crippen LogP contribution in [0.3, 0.4) is 0 Å². The molecule has 166 valence electrons. The van der Waals surface area contributed by atoms with Crippen LogP contribution in [0.1, 0.15) is 41.6 Å². The normalized spacial score (nSPS) is 19.9. The highest BCUT2D eigenvalue weighted by molar-refractivity contribution is 5.91. The minimum Gasteiger partial charge on any atom is -0.459 e. The summed E-state index contributed by atoms with van der Waals surface area (Å²) in [6.07, 6.45) is -4.53. The summed E-state index contributed by atoms with van der Waals surface area (Å²) in [6.45, 7) is 1.88. The lowest BCUT2D eigenvalue weighted by Gasteiger charge is -2.27. The zero-order valence-electron chi connectivity index (χ0n) is 16.6. The maximum Gasteiger partial charge on any atom is 0.442 e. The van der Waals surface area contributed by atoms with Gasteiger partial charge in [-0.25, -0.2) is 18.0 Å². The summed E-state index contributed by atoms with van der Waals surface area (Å²) in [5.74, 6) is -6.09. The smallest absolute Gasteiger partial charge is 0.442 e. The van der Waals surface area contributed by atoms with Gasteiger partial charge in [-0.1, -0.05) is 29.8 Å². The van der Waals surface area contributed by atoms with Crippen LogP contribution in [0, 0.1) is 24.5 Å². The first-order chi connectivity index (χ1) is 14.5. The summed E-state index contributed by atoms with van der Waals surface area (Å²) in [4.78, 5) is 12.3. The number of aryl methyl sites for hydroxylation is 1. The van der Waals surface area contributed by atoms with Gasteiger partial charge in [-0.2, -0.15) is 13.2 Å². The number of esters is 1. The Morgan fingerprint density at radius 2 is 1.52 bits per heavy atom. The first-order valence-corrected chi connectivity index (χ1v) is 9.76. The Morgan fingerprint density at radius 3 is 2.03 bits per heavy atom. The maximum absolute atomic E-state index is 14.5. The number of alkyl halides is 3. The summed E-state index contributed by atoms with van der Waals surface area (Å²) in [6, 6.07) is 9.09. The lowest BCUT2D eigenvalue weighted by Crippen LogP contribution is -2.25. The van der Waals surface area contributed by atoms with Crippen LogP contribution in [-0.4, -0.2) is 18.2 Å². The van der Waals surface area contributed by atoms with Gasteiger partial charge in [-0.15, -0.1) is 0 Å². The van der Waals surface area contributed by atoms with Crippen molar-refractivity contribution in [2.24, 2.45) is 5.92 Å². The van der Waals surface area contributed by atoms with Crippen molar-refractivity contribution in [3.63, 3.8) is 0 Å². The maximum atomic E-state index is 14.5. The second-order valence-corrected chi connectivity index (χ2v) is 7.64. The van der Waals surface area contributed by atoms with Crippen molar-refractivity contribution in [3.05, 3.63) is 71.1 Å². The number of carbonyl (C=O) groups excluding carboxylic acids is 1. The molecule has 1 fully saturated rings. The second kappa shape index (κ2) is 9.16. The molecule has 2 nitrogen and oxygen atoms in total. The van der Waals surface area contributed by atoms with E-state index in [1.54, 1.807) is 24.3 Å². The predicted octanol–water partition coefficient (Wildman–Crippen LogP) is 7.07. The molecule has 3 rings (SSSR count). The highest BCUT2D eigenvalue weighted by Gasteiger charge is 2.36. The number of carbonyl (C=O) groups is 1. The lowest BCUT2D eigenvalue weighted by atomic mass is 9.87. The summed E-state index contributed by atoms with van der Waals surface area (Å²) >= 11 is 0. The number of ether oxygens (including phenoxy) is 1. The first kappa shape index (κ1) is 22.9. The van der Waals surface area contributed by atoms with E-state index in [0.717, 1.165) is 17.7 Å². The van der Waals surface area contributed by atoms with E-state index >= 15 is 0 Å². The molecule has 0 radical (unpaired) electrons. The third-order valence-electron chi connectivity index (χ3n) is 5.28. The average Bonchev–Trinajstić information content (AvgIpc) is 2.68. The minimum atomic E-state index is -5.02. The highest BCUT2D eigenvalue weighted by Crippen LogP contribution is 2.34. The van der Waals surface area contributed by atoms with Crippen LogP contribution in [-0.2, 0) is 4.74 Å². The molecule has 0 atom stereocenters. The van der Waals surface area contributed by atoms with Gasteiger partial charge in [0.25, 0.3) is 0 Å². The van der Waals surface area contributed by atoms with E-state index in [1.807, 2.05) is 6.92 Å². The van der Waals surface area contributed by atoms with E-state index in [1.165, 1.54) is 0 Å². The van der Waals surface area contributed by atoms with Gasteiger partial charge in [0.2, 0.25) is 0 Å². The van der Waals surface area contributed by atoms with Gasteiger partial charge in [-0.3, -0.25) is 0 Å². The molecule has 2 aromatic carbocycles. The van der Waals surface area contributed by atoms with Gasteiger partial charge >= 0.3 is 12.1 Å². The second-order valence-electron chi connectivity index (χ2n) is 7.64. The van der Waals surface area contributed by atoms with Crippen LogP contribution in [0.5, 0.6) is 0 Å². The SMILES string of the molecule is Cc1ccc(-c2cc(F)c(C(=O)OC3CCC(C=C(F)C(F)(F)F)CC3)c(F)c2)cc1. The lowest BCUT2D eigenvalue weighted by molar-refractivity contribution is -0.109. The van der Waals surface area contributed by atoms with Gasteiger partial charge in [-0.05, 0) is 67.9 Å². The van der Waals surface area contributed by atoms with E-state index in [2.05, 4.69) is 0 Å². The van der Waals surface area contributed by atoms with Crippen LogP contribution in [0.4, 0.5) is 26.3 Å². The van der Waals surface area contributed by atoms with Crippen molar-refractivity contribution in [3.8, 4) is 11.1 Å². The predicted molar refractivity (Wildman–Crippen MR) is 103 cm³/mol. The van der Waals surface area contributed by atoms with Crippen molar-refractivity contribution in [1.82, 2.24) is 0 Å². The van der Waals surface area contributed by atoms with Crippen LogP contribution >= 0.6 is 0 Å². The molecule has 0 aromatic heterocycles. The Hall–Kier alpha value is -2.77. The van der Waals surface area contributed by atoms with Gasteiger partial charge in [0.15, 0.2) is 5.83 Å². The van der Waals surface area contributed by atoms with Crippen LogP contribution < -0.4 is 0 Å². The molecule has 0 bridgehead atoms. The van der Waals surface area contributed by atoms with Gasteiger partial charge in [0, 0.05) is 0 Å². The van der Waals surface area contributed by atoms with Crippen molar-refractivity contribution in [2.45, 2.75) is 44.9 Å². The number of allylic oxidation sites excluding steroid dienone is 2. The first-order valence-electron chi connectivity index (χ1n) is 9.76. The average molecular weight is 442 g/mol. The third kappa shape index (κ3) is 5.68. The molecule has 0 unspecified atom stereocenters. The zero-order chi connectivity index (χ0) is 22.8. The van der Waals surface area contributed by atoms with Gasteiger partial charge < -0.3 is 4.74 Å². The van der Waals surface area contributed by atoms with E-state index in [9.17, 15) is 31.1 Å². The summed E-state index contributed by atoms with van der Waals surface area (Å²) in [7, 11) is 0. The van der Waals surface area contributed by atoms with Crippen LogP contribution in [0.15, 0.2) is 48.3 Å². The summed E-state index contributed by atoms with van der Waals surface area (Å²) < 4.78 is 84.1. The molecule has 1 aliphatic carbocycles. The van der Waals surface area contributed by atoms with Crippen molar-refractivity contribution in [1.29, 1.82) is 0 Å². The van der Waals surface area contributed by atoms with E-state index in [4.69, 9.17) is 4.74 Å². The number of hydrogen-bond acceptors (Lipinski definition) is 2. The van der Waals surface area contributed by atoms with Gasteiger partial charge in [0.05, 0.1) is 0 Å². The van der Waals surface area contributed by atoms with Crippen molar-refractivity contribution in [2.75, 3.05) is 0 Å². The summed E-state index contributed by atoms with van der Waals surface area (Å²) in [5.41, 5.74) is 1.02. The standard InChI is InChI=1S/C23H20F6O2/c1-13-2-6-15(7-3-13)16-11-18(24)21(19(25)12-16)22(30)31-17-8-4-14(5-9-17)10-20(26)23(27,28)29/h2-3,6-7,10-12,14,17H,4-5,8-9H2,1H3. The van der Waals surface area contributed by atoms with Crippen LogP contribution in [0.25, 0.3) is 11.1 Å². The quantitative estimate of drug-likeness (QED) is 0.374. The zero-order valence-corrected chi connectivity index (χ0v) is 16.6. The number of hydrogen-bond donors (Lipinski definition) is 0. The molecule has 0 heterocycles. The summed E-state index contributed by atoms with van der Waals surface area (Å²) in [5, 5.41) is 0. The van der Waals surface area contributed by atoms with Crippen molar-refractivity contribution >= 4 is 5.97 Å². The Morgan fingerprint density at radius 1 is 0.968 bits per heavy atom.